The van der Waals surface area contributed by atoms with Crippen LogP contribution in [-0.4, -0.2) is 5.78 Å². The van der Waals surface area contributed by atoms with Gasteiger partial charge >= 0.3 is 0 Å². The highest BCUT2D eigenvalue weighted by Crippen LogP contribution is 2.35. The Balaban J connectivity index is 2.07. The average molecular weight is 199 g/mol. The number of carbonyl (C=O) groups is 1. The molecule has 0 bridgehead atoms. The molecular weight excluding hydrogens is 190 g/mol. The molecule has 2 aliphatic rings. The molecule has 1 heterocycles. The van der Waals surface area contributed by atoms with E-state index in [-0.39, 0.29) is 5.78 Å². The first-order valence-corrected chi connectivity index (χ1v) is 4.82. The number of anilines is 1. The van der Waals surface area contributed by atoms with Gasteiger partial charge in [-0.2, -0.15) is 0 Å². The van der Waals surface area contributed by atoms with Crippen molar-refractivity contribution in [3.05, 3.63) is 47.9 Å². The van der Waals surface area contributed by atoms with Crippen LogP contribution >= 0.6 is 0 Å². The highest BCUT2D eigenvalue weighted by atomic mass is 16.5. The van der Waals surface area contributed by atoms with Crippen LogP contribution in [0.25, 0.3) is 0 Å². The van der Waals surface area contributed by atoms with Gasteiger partial charge in [0.15, 0.2) is 11.5 Å². The Kier molecular flexibility index (Phi) is 1.65. The third-order valence-corrected chi connectivity index (χ3v) is 2.44. The maximum atomic E-state index is 11.2. The lowest BCUT2D eigenvalue weighted by Gasteiger charge is -2.25. The number of carbonyl (C=O) groups excluding carboxylic acids is 1. The Labute approximate surface area is 87.1 Å². The fourth-order valence-electron chi connectivity index (χ4n) is 1.71. The molecule has 15 heavy (non-hydrogen) atoms. The quantitative estimate of drug-likeness (QED) is 0.696. The molecule has 1 aromatic carbocycles. The van der Waals surface area contributed by atoms with Gasteiger partial charge in [0.2, 0.25) is 0 Å². The predicted octanol–water partition coefficient (Wildman–Crippen LogP) is 2.23. The van der Waals surface area contributed by atoms with Crippen LogP contribution in [0.15, 0.2) is 47.9 Å². The van der Waals surface area contributed by atoms with E-state index < -0.39 is 0 Å². The van der Waals surface area contributed by atoms with E-state index >= 15 is 0 Å². The maximum absolute atomic E-state index is 11.2. The Hall–Kier alpha value is -2.03. The van der Waals surface area contributed by atoms with Crippen molar-refractivity contribution < 1.29 is 9.53 Å². The van der Waals surface area contributed by atoms with Crippen molar-refractivity contribution in [2.75, 3.05) is 5.32 Å². The third kappa shape index (κ3) is 1.32. The van der Waals surface area contributed by atoms with E-state index in [4.69, 9.17) is 4.74 Å². The van der Waals surface area contributed by atoms with E-state index in [0.29, 0.717) is 6.42 Å². The molecule has 1 aliphatic heterocycles. The Morgan fingerprint density at radius 1 is 1.27 bits per heavy atom. The second-order valence-electron chi connectivity index (χ2n) is 3.52. The monoisotopic (exact) mass is 199 g/mol. The number of para-hydroxylation sites is 2. The molecule has 0 radical (unpaired) electrons. The molecule has 0 atom stereocenters. The third-order valence-electron chi connectivity index (χ3n) is 2.44. The van der Waals surface area contributed by atoms with Crippen LogP contribution in [0, 0.1) is 0 Å². The smallest absolute Gasteiger partial charge is 0.161 e. The Morgan fingerprint density at radius 2 is 2.13 bits per heavy atom. The zero-order chi connectivity index (χ0) is 10.3. The first-order valence-electron chi connectivity index (χ1n) is 4.82. The van der Waals surface area contributed by atoms with Gasteiger partial charge in [-0.1, -0.05) is 12.1 Å². The lowest BCUT2D eigenvalue weighted by atomic mass is 10.1. The molecule has 1 aliphatic carbocycles. The molecule has 74 valence electrons. The van der Waals surface area contributed by atoms with Crippen LogP contribution in [0.2, 0.25) is 0 Å². The van der Waals surface area contributed by atoms with Crippen molar-refractivity contribution in [2.24, 2.45) is 0 Å². The second kappa shape index (κ2) is 2.98. The molecule has 0 aromatic heterocycles. The molecule has 3 heteroatoms. The van der Waals surface area contributed by atoms with Crippen molar-refractivity contribution in [3.8, 4) is 5.75 Å². The van der Waals surface area contributed by atoms with E-state index in [9.17, 15) is 4.79 Å². The van der Waals surface area contributed by atoms with Crippen molar-refractivity contribution >= 4 is 11.5 Å². The van der Waals surface area contributed by atoms with Crippen molar-refractivity contribution in [1.29, 1.82) is 0 Å². The van der Waals surface area contributed by atoms with Crippen LogP contribution in [0.5, 0.6) is 5.75 Å². The number of hydrogen-bond acceptors (Lipinski definition) is 3. The van der Waals surface area contributed by atoms with Crippen LogP contribution in [0.1, 0.15) is 6.42 Å². The second-order valence-corrected chi connectivity index (χ2v) is 3.52. The molecule has 1 aromatic rings. The number of nitrogens with one attached hydrogen (secondary N) is 1. The molecule has 0 saturated heterocycles. The number of ether oxygens (including phenoxy) is 1. The largest absolute Gasteiger partial charge is 0.453 e. The van der Waals surface area contributed by atoms with Crippen LogP contribution in [0.3, 0.4) is 0 Å². The molecular formula is C12H9NO2. The number of ketones is 1. The summed E-state index contributed by atoms with van der Waals surface area (Å²) in [7, 11) is 0. The molecule has 0 fully saturated rings. The summed E-state index contributed by atoms with van der Waals surface area (Å²) in [6, 6.07) is 7.67. The summed E-state index contributed by atoms with van der Waals surface area (Å²) < 4.78 is 5.66. The first-order chi connectivity index (χ1) is 7.33. The number of hydrogen-bond donors (Lipinski definition) is 1. The first kappa shape index (κ1) is 8.29. The summed E-state index contributed by atoms with van der Waals surface area (Å²) in [6.07, 6.45) is 3.81. The van der Waals surface area contributed by atoms with Crippen LogP contribution in [0.4, 0.5) is 5.69 Å². The zero-order valence-electron chi connectivity index (χ0n) is 7.99. The molecule has 3 nitrogen and oxygen atoms in total. The van der Waals surface area contributed by atoms with Crippen LogP contribution in [-0.2, 0) is 4.79 Å². The van der Waals surface area contributed by atoms with E-state index in [1.165, 1.54) is 0 Å². The van der Waals surface area contributed by atoms with Crippen molar-refractivity contribution in [2.45, 2.75) is 6.42 Å². The van der Waals surface area contributed by atoms with Crippen molar-refractivity contribution in [3.63, 3.8) is 0 Å². The van der Waals surface area contributed by atoms with E-state index in [1.54, 1.807) is 12.2 Å². The van der Waals surface area contributed by atoms with Crippen LogP contribution < -0.4 is 10.1 Å². The fraction of sp³-hybridized carbons (Fsp3) is 0.0833. The highest BCUT2D eigenvalue weighted by molar-refractivity contribution is 5.94. The number of allylic oxidation sites excluding steroid dienone is 2. The lowest BCUT2D eigenvalue weighted by molar-refractivity contribution is -0.114. The van der Waals surface area contributed by atoms with Gasteiger partial charge in [-0.25, -0.2) is 0 Å². The van der Waals surface area contributed by atoms with Gasteiger partial charge in [0.05, 0.1) is 11.4 Å². The van der Waals surface area contributed by atoms with Gasteiger partial charge in [0.25, 0.3) is 0 Å². The maximum Gasteiger partial charge on any atom is 0.161 e. The van der Waals surface area contributed by atoms with Gasteiger partial charge < -0.3 is 10.1 Å². The summed E-state index contributed by atoms with van der Waals surface area (Å²) in [5.41, 5.74) is 1.65. The van der Waals surface area contributed by atoms with Gasteiger partial charge in [-0.15, -0.1) is 0 Å². The Morgan fingerprint density at radius 3 is 3.07 bits per heavy atom. The molecule has 0 unspecified atom stereocenters. The number of benzene rings is 1. The Bertz CT molecular complexity index is 500. The predicted molar refractivity (Wildman–Crippen MR) is 56.5 cm³/mol. The molecule has 0 spiro atoms. The minimum Gasteiger partial charge on any atom is -0.453 e. The SMILES string of the molecule is O=C1C=C2Nc3ccccc3OC2=CC1. The summed E-state index contributed by atoms with van der Waals surface area (Å²) in [5.74, 6) is 1.65. The molecule has 0 amide bonds. The van der Waals surface area contributed by atoms with Gasteiger partial charge in [0, 0.05) is 12.5 Å². The lowest BCUT2D eigenvalue weighted by Crippen LogP contribution is -2.18. The zero-order valence-corrected chi connectivity index (χ0v) is 7.99. The van der Waals surface area contributed by atoms with Gasteiger partial charge in [-0.3, -0.25) is 4.79 Å². The molecule has 3 rings (SSSR count). The molecule has 1 N–H and O–H groups in total. The summed E-state index contributed by atoms with van der Waals surface area (Å²) in [5, 5.41) is 3.18. The minimum atomic E-state index is 0.101. The number of fused-ring (bicyclic) bond motifs is 2. The number of rotatable bonds is 0. The van der Waals surface area contributed by atoms with E-state index in [0.717, 1.165) is 22.9 Å². The minimum absolute atomic E-state index is 0.101. The van der Waals surface area contributed by atoms with Gasteiger partial charge in [0.1, 0.15) is 5.76 Å². The van der Waals surface area contributed by atoms with Gasteiger partial charge in [-0.05, 0) is 18.2 Å². The molecule has 0 saturated carbocycles. The van der Waals surface area contributed by atoms with Crippen molar-refractivity contribution in [1.82, 2.24) is 0 Å². The summed E-state index contributed by atoms with van der Waals surface area (Å²) >= 11 is 0. The summed E-state index contributed by atoms with van der Waals surface area (Å²) in [4.78, 5) is 11.2. The normalized spacial score (nSPS) is 17.7. The standard InChI is InChI=1S/C12H9NO2/c14-8-5-6-12-10(7-8)13-9-3-1-2-4-11(9)15-12/h1-4,6-7,13H,5H2. The fourth-order valence-corrected chi connectivity index (χ4v) is 1.71. The van der Waals surface area contributed by atoms with E-state index in [1.807, 2.05) is 24.3 Å². The van der Waals surface area contributed by atoms with E-state index in [2.05, 4.69) is 5.32 Å². The highest BCUT2D eigenvalue weighted by Gasteiger charge is 2.21. The topological polar surface area (TPSA) is 38.3 Å². The average Bonchev–Trinajstić information content (AvgIpc) is 2.26. The summed E-state index contributed by atoms with van der Waals surface area (Å²) in [6.45, 7) is 0.